The summed E-state index contributed by atoms with van der Waals surface area (Å²) >= 11 is 0. The Kier molecular flexibility index (Phi) is 1.91. The van der Waals surface area contributed by atoms with Gasteiger partial charge in [0.2, 0.25) is 0 Å². The van der Waals surface area contributed by atoms with Crippen LogP contribution in [0.15, 0.2) is 77.7 Å². The van der Waals surface area contributed by atoms with Crippen molar-refractivity contribution in [1.29, 1.82) is 0 Å². The van der Waals surface area contributed by atoms with Crippen LogP contribution in [-0.4, -0.2) is 12.1 Å². The number of allylic oxidation sites excluding steroid dienone is 1. The number of benzene rings is 2. The Morgan fingerprint density at radius 3 is 2.81 bits per heavy atom. The first-order valence-corrected chi connectivity index (χ1v) is 7.32. The van der Waals surface area contributed by atoms with Gasteiger partial charge >= 0.3 is 0 Å². The van der Waals surface area contributed by atoms with Gasteiger partial charge < -0.3 is 9.64 Å². The monoisotopic (exact) mass is 273 g/mol. The minimum Gasteiger partial charge on any atom is -0.478 e. The van der Waals surface area contributed by atoms with Gasteiger partial charge in [-0.1, -0.05) is 30.3 Å². The summed E-state index contributed by atoms with van der Waals surface area (Å²) in [5.41, 5.74) is 3.66. The third-order valence-electron chi connectivity index (χ3n) is 4.71. The number of ether oxygens (including phenoxy) is 1. The Morgan fingerprint density at radius 2 is 1.95 bits per heavy atom. The molecular weight excluding hydrogens is 258 g/mol. The van der Waals surface area contributed by atoms with Gasteiger partial charge in [0.1, 0.15) is 5.76 Å². The Morgan fingerprint density at radius 1 is 1.10 bits per heavy atom. The first-order chi connectivity index (χ1) is 10.2. The molecule has 1 atom stereocenters. The second kappa shape index (κ2) is 3.59. The number of fused-ring (bicyclic) bond motifs is 5. The first-order valence-electron chi connectivity index (χ1n) is 7.32. The van der Waals surface area contributed by atoms with Gasteiger partial charge in [-0.05, 0) is 42.0 Å². The molecule has 21 heavy (non-hydrogen) atoms. The van der Waals surface area contributed by atoms with Crippen molar-refractivity contribution in [2.24, 2.45) is 0 Å². The van der Waals surface area contributed by atoms with E-state index in [9.17, 15) is 0 Å². The second-order valence-corrected chi connectivity index (χ2v) is 6.09. The molecule has 0 fully saturated rings. The van der Waals surface area contributed by atoms with E-state index in [0.29, 0.717) is 0 Å². The standard InChI is InChI=1S/C19H15NO/c1-19-9-8-18(21-19)16-11-20(12-17(16)19)15-7-6-13-4-2-3-5-14(13)10-15/h2-10,12H,11H2,1H3. The minimum atomic E-state index is -0.240. The van der Waals surface area contributed by atoms with E-state index in [2.05, 4.69) is 72.6 Å². The van der Waals surface area contributed by atoms with Crippen LogP contribution in [0.5, 0.6) is 0 Å². The van der Waals surface area contributed by atoms with E-state index in [1.165, 1.54) is 27.6 Å². The van der Waals surface area contributed by atoms with E-state index in [1.54, 1.807) is 0 Å². The largest absolute Gasteiger partial charge is 0.478 e. The highest BCUT2D eigenvalue weighted by Crippen LogP contribution is 2.48. The lowest BCUT2D eigenvalue weighted by atomic mass is 9.91. The highest BCUT2D eigenvalue weighted by Gasteiger charge is 2.46. The summed E-state index contributed by atoms with van der Waals surface area (Å²) in [4.78, 5) is 2.32. The van der Waals surface area contributed by atoms with Crippen molar-refractivity contribution in [2.75, 3.05) is 11.4 Å². The molecule has 1 unspecified atom stereocenters. The van der Waals surface area contributed by atoms with E-state index in [1.807, 2.05) is 0 Å². The summed E-state index contributed by atoms with van der Waals surface area (Å²) < 4.78 is 5.95. The molecule has 0 aromatic heterocycles. The molecular formula is C19H15NO. The fourth-order valence-corrected chi connectivity index (χ4v) is 3.53. The maximum absolute atomic E-state index is 5.95. The van der Waals surface area contributed by atoms with Crippen molar-refractivity contribution < 1.29 is 4.74 Å². The molecule has 2 bridgehead atoms. The average molecular weight is 273 g/mol. The van der Waals surface area contributed by atoms with Crippen molar-refractivity contribution in [2.45, 2.75) is 12.5 Å². The lowest BCUT2D eigenvalue weighted by Crippen LogP contribution is -2.20. The van der Waals surface area contributed by atoms with E-state index in [-0.39, 0.29) is 5.60 Å². The summed E-state index contributed by atoms with van der Waals surface area (Å²) in [6.45, 7) is 3.04. The van der Waals surface area contributed by atoms with Crippen LogP contribution in [-0.2, 0) is 4.74 Å². The van der Waals surface area contributed by atoms with Crippen molar-refractivity contribution in [3.8, 4) is 0 Å². The van der Waals surface area contributed by atoms with Gasteiger partial charge in [0.05, 0.1) is 6.54 Å². The van der Waals surface area contributed by atoms with Crippen LogP contribution in [0.1, 0.15) is 6.92 Å². The van der Waals surface area contributed by atoms with Crippen LogP contribution in [0.25, 0.3) is 10.8 Å². The Bertz CT molecular complexity index is 874. The van der Waals surface area contributed by atoms with Crippen LogP contribution >= 0.6 is 0 Å². The zero-order valence-corrected chi connectivity index (χ0v) is 11.8. The average Bonchev–Trinajstić information content (AvgIpc) is 3.17. The Hall–Kier alpha value is -2.48. The molecule has 2 nitrogen and oxygen atoms in total. The van der Waals surface area contributed by atoms with E-state index in [0.717, 1.165) is 12.3 Å². The van der Waals surface area contributed by atoms with Crippen LogP contribution in [0.2, 0.25) is 0 Å². The molecule has 3 aliphatic heterocycles. The van der Waals surface area contributed by atoms with E-state index >= 15 is 0 Å². The Labute approximate surface area is 123 Å². The van der Waals surface area contributed by atoms with Crippen molar-refractivity contribution in [1.82, 2.24) is 0 Å². The van der Waals surface area contributed by atoms with Gasteiger partial charge in [0.15, 0.2) is 5.60 Å². The quantitative estimate of drug-likeness (QED) is 0.773. The molecule has 102 valence electrons. The summed E-state index contributed by atoms with van der Waals surface area (Å²) in [5.74, 6) is 1.05. The van der Waals surface area contributed by atoms with E-state index < -0.39 is 0 Å². The molecule has 0 saturated heterocycles. The second-order valence-electron chi connectivity index (χ2n) is 6.09. The molecule has 0 N–H and O–H groups in total. The summed E-state index contributed by atoms with van der Waals surface area (Å²) in [5, 5.41) is 2.57. The van der Waals surface area contributed by atoms with Crippen molar-refractivity contribution in [3.63, 3.8) is 0 Å². The summed E-state index contributed by atoms with van der Waals surface area (Å²) in [6.07, 6.45) is 6.51. The van der Waals surface area contributed by atoms with Crippen LogP contribution in [0, 0.1) is 0 Å². The summed E-state index contributed by atoms with van der Waals surface area (Å²) in [6, 6.07) is 15.1. The van der Waals surface area contributed by atoms with E-state index in [4.69, 9.17) is 4.74 Å². The molecule has 2 aromatic rings. The molecule has 0 spiro atoms. The molecule has 5 rings (SSSR count). The molecule has 0 saturated carbocycles. The third-order valence-corrected chi connectivity index (χ3v) is 4.71. The molecule has 0 radical (unpaired) electrons. The fraction of sp³-hybridized carbons (Fsp3) is 0.158. The van der Waals surface area contributed by atoms with Gasteiger partial charge in [0.25, 0.3) is 0 Å². The molecule has 0 aliphatic carbocycles. The number of hydrogen-bond acceptors (Lipinski definition) is 2. The predicted molar refractivity (Wildman–Crippen MR) is 85.0 cm³/mol. The molecule has 3 aliphatic rings. The molecule has 3 heterocycles. The SMILES string of the molecule is CC12C=CC(=C3CN(c4ccc5ccccc5c4)C=C31)O2. The van der Waals surface area contributed by atoms with Gasteiger partial charge in [-0.25, -0.2) is 0 Å². The third kappa shape index (κ3) is 1.42. The zero-order valence-electron chi connectivity index (χ0n) is 11.8. The number of hydrogen-bond donors (Lipinski definition) is 0. The zero-order chi connectivity index (χ0) is 14.0. The lowest BCUT2D eigenvalue weighted by Gasteiger charge is -2.19. The number of rotatable bonds is 1. The topological polar surface area (TPSA) is 12.5 Å². The van der Waals surface area contributed by atoms with Crippen molar-refractivity contribution in [3.05, 3.63) is 77.7 Å². The molecule has 2 aromatic carbocycles. The van der Waals surface area contributed by atoms with Gasteiger partial charge in [-0.3, -0.25) is 0 Å². The highest BCUT2D eigenvalue weighted by molar-refractivity contribution is 5.86. The molecule has 2 heteroatoms. The Balaban J connectivity index is 1.59. The summed E-state index contributed by atoms with van der Waals surface area (Å²) in [7, 11) is 0. The van der Waals surface area contributed by atoms with Gasteiger partial charge in [0, 0.05) is 23.0 Å². The lowest BCUT2D eigenvalue weighted by molar-refractivity contribution is 0.139. The van der Waals surface area contributed by atoms with Gasteiger partial charge in [-0.2, -0.15) is 0 Å². The number of nitrogens with zero attached hydrogens (tertiary/aromatic N) is 1. The number of anilines is 1. The highest BCUT2D eigenvalue weighted by atomic mass is 16.5. The predicted octanol–water partition coefficient (Wildman–Crippen LogP) is 4.16. The van der Waals surface area contributed by atoms with Crippen molar-refractivity contribution >= 4 is 16.5 Å². The maximum Gasteiger partial charge on any atom is 0.152 e. The van der Waals surface area contributed by atoms with Crippen LogP contribution < -0.4 is 4.90 Å². The first kappa shape index (κ1) is 11.2. The van der Waals surface area contributed by atoms with Crippen LogP contribution in [0.3, 0.4) is 0 Å². The normalized spacial score (nSPS) is 25.6. The smallest absolute Gasteiger partial charge is 0.152 e. The molecule has 0 amide bonds. The minimum absolute atomic E-state index is 0.240. The van der Waals surface area contributed by atoms with Gasteiger partial charge in [-0.15, -0.1) is 0 Å². The maximum atomic E-state index is 5.95. The van der Waals surface area contributed by atoms with Crippen LogP contribution in [0.4, 0.5) is 5.69 Å². The fourth-order valence-electron chi connectivity index (χ4n) is 3.53.